The van der Waals surface area contributed by atoms with Gasteiger partial charge in [0.1, 0.15) is 12.6 Å². The van der Waals surface area contributed by atoms with Gasteiger partial charge in [0.05, 0.1) is 12.1 Å². The molecule has 2 rings (SSSR count). The number of rotatable bonds is 3. The molecule has 1 saturated heterocycles. The third kappa shape index (κ3) is 2.90. The Labute approximate surface area is 113 Å². The van der Waals surface area contributed by atoms with Crippen LogP contribution in [-0.2, 0) is 20.8 Å². The summed E-state index contributed by atoms with van der Waals surface area (Å²) in [6.45, 7) is 1.70. The maximum absolute atomic E-state index is 12.2. The number of carbonyl (C=O) groups excluding carboxylic acids is 3. The Bertz CT molecular complexity index is 528. The second kappa shape index (κ2) is 5.35. The smallest absolute Gasteiger partial charge is 0.249 e. The molecule has 0 spiro atoms. The van der Waals surface area contributed by atoms with Crippen molar-refractivity contribution in [2.45, 2.75) is 25.8 Å². The summed E-state index contributed by atoms with van der Waals surface area (Å²) in [4.78, 5) is 40.4. The summed E-state index contributed by atoms with van der Waals surface area (Å²) in [5.41, 5.74) is 6.05. The molecule has 0 aliphatic carbocycles. The molecule has 1 atom stereocenters. The van der Waals surface area contributed by atoms with Crippen LogP contribution in [0.2, 0.25) is 0 Å². The number of nitrogen functional groups attached to an aromatic ring is 1. The first kappa shape index (κ1) is 13.5. The molecule has 1 fully saturated rings. The number of nitrogens with two attached hydrogens (primary N) is 1. The van der Waals surface area contributed by atoms with Gasteiger partial charge in [-0.15, -0.1) is 11.3 Å². The normalized spacial score (nSPS) is 19.4. The van der Waals surface area contributed by atoms with Gasteiger partial charge >= 0.3 is 0 Å². The molecule has 1 unspecified atom stereocenters. The van der Waals surface area contributed by atoms with Crippen LogP contribution in [-0.4, -0.2) is 40.2 Å². The molecule has 0 aromatic carbocycles. The van der Waals surface area contributed by atoms with Crippen molar-refractivity contribution >= 4 is 34.2 Å². The maximum Gasteiger partial charge on any atom is 0.249 e. The van der Waals surface area contributed by atoms with Gasteiger partial charge in [0.15, 0.2) is 5.13 Å². The van der Waals surface area contributed by atoms with Gasteiger partial charge in [-0.25, -0.2) is 4.98 Å². The largest absolute Gasteiger partial charge is 0.375 e. The topological polar surface area (TPSA) is 105 Å². The number of carbonyl (C=O) groups is 3. The standard InChI is InChI=1S/C11H14N4O3S/c1-2-7-10(18)14-8(16)4-15(7)9(17)3-6-5-19-11(12)13-6/h5,7H,2-4H2,1H3,(H2,12,13)(H,14,16,18). The number of amides is 3. The number of imide groups is 1. The molecule has 0 saturated carbocycles. The number of anilines is 1. The number of piperazine rings is 1. The Morgan fingerprint density at radius 2 is 2.37 bits per heavy atom. The van der Waals surface area contributed by atoms with Crippen molar-refractivity contribution in [2.75, 3.05) is 12.3 Å². The van der Waals surface area contributed by atoms with Crippen LogP contribution in [0.5, 0.6) is 0 Å². The number of aromatic nitrogens is 1. The number of nitrogens with zero attached hydrogens (tertiary/aromatic N) is 2. The summed E-state index contributed by atoms with van der Waals surface area (Å²) in [6, 6.07) is -0.596. The van der Waals surface area contributed by atoms with Gasteiger partial charge in [0.25, 0.3) is 0 Å². The highest BCUT2D eigenvalue weighted by molar-refractivity contribution is 7.13. The molecular formula is C11H14N4O3S. The molecule has 19 heavy (non-hydrogen) atoms. The van der Waals surface area contributed by atoms with Gasteiger partial charge in [-0.05, 0) is 6.42 Å². The average Bonchev–Trinajstić information content (AvgIpc) is 2.73. The van der Waals surface area contributed by atoms with E-state index in [4.69, 9.17) is 5.73 Å². The molecule has 1 aliphatic rings. The Morgan fingerprint density at radius 1 is 1.63 bits per heavy atom. The fourth-order valence-electron chi connectivity index (χ4n) is 1.99. The van der Waals surface area contributed by atoms with E-state index >= 15 is 0 Å². The first-order chi connectivity index (χ1) is 9.01. The van der Waals surface area contributed by atoms with Gasteiger partial charge in [-0.1, -0.05) is 6.92 Å². The average molecular weight is 282 g/mol. The predicted molar refractivity (Wildman–Crippen MR) is 69.2 cm³/mol. The number of hydrogen-bond acceptors (Lipinski definition) is 6. The molecule has 7 nitrogen and oxygen atoms in total. The van der Waals surface area contributed by atoms with E-state index in [0.717, 1.165) is 0 Å². The Kier molecular flexibility index (Phi) is 3.79. The highest BCUT2D eigenvalue weighted by Crippen LogP contribution is 2.15. The highest BCUT2D eigenvalue weighted by atomic mass is 32.1. The van der Waals surface area contributed by atoms with Gasteiger partial charge in [-0.3, -0.25) is 19.7 Å². The van der Waals surface area contributed by atoms with Crippen LogP contribution in [0.1, 0.15) is 19.0 Å². The van der Waals surface area contributed by atoms with Crippen LogP contribution < -0.4 is 11.1 Å². The minimum absolute atomic E-state index is 0.0464. The van der Waals surface area contributed by atoms with E-state index in [1.165, 1.54) is 16.2 Å². The van der Waals surface area contributed by atoms with Crippen LogP contribution in [0.4, 0.5) is 5.13 Å². The molecule has 1 aliphatic heterocycles. The molecule has 8 heteroatoms. The summed E-state index contributed by atoms with van der Waals surface area (Å²) >= 11 is 1.25. The molecule has 3 N–H and O–H groups in total. The SMILES string of the molecule is CCC1C(=O)NC(=O)CN1C(=O)Cc1csc(N)n1. The lowest BCUT2D eigenvalue weighted by atomic mass is 10.1. The number of nitrogens with one attached hydrogen (secondary N) is 1. The van der Waals surface area contributed by atoms with Crippen molar-refractivity contribution in [2.24, 2.45) is 0 Å². The Morgan fingerprint density at radius 3 is 2.95 bits per heavy atom. The van der Waals surface area contributed by atoms with E-state index in [2.05, 4.69) is 10.3 Å². The second-order valence-corrected chi connectivity index (χ2v) is 5.10. The third-order valence-electron chi connectivity index (χ3n) is 2.86. The lowest BCUT2D eigenvalue weighted by molar-refractivity contribution is -0.149. The molecule has 1 aromatic heterocycles. The second-order valence-electron chi connectivity index (χ2n) is 4.21. The van der Waals surface area contributed by atoms with Gasteiger partial charge in [0.2, 0.25) is 17.7 Å². The summed E-state index contributed by atoms with van der Waals surface area (Å²) < 4.78 is 0. The lowest BCUT2D eigenvalue weighted by Gasteiger charge is -2.33. The van der Waals surface area contributed by atoms with Crippen LogP contribution >= 0.6 is 11.3 Å². The van der Waals surface area contributed by atoms with Crippen molar-refractivity contribution < 1.29 is 14.4 Å². The summed E-state index contributed by atoms with van der Waals surface area (Å²) in [7, 11) is 0. The van der Waals surface area contributed by atoms with Crippen molar-refractivity contribution in [3.63, 3.8) is 0 Å². The van der Waals surface area contributed by atoms with E-state index < -0.39 is 17.9 Å². The van der Waals surface area contributed by atoms with E-state index in [9.17, 15) is 14.4 Å². The number of thiazole rings is 1. The molecule has 3 amide bonds. The molecule has 0 bridgehead atoms. The zero-order valence-electron chi connectivity index (χ0n) is 10.4. The fourth-order valence-corrected chi connectivity index (χ4v) is 2.56. The molecular weight excluding hydrogens is 268 g/mol. The zero-order valence-corrected chi connectivity index (χ0v) is 11.2. The first-order valence-electron chi connectivity index (χ1n) is 5.84. The van der Waals surface area contributed by atoms with Crippen molar-refractivity contribution in [1.82, 2.24) is 15.2 Å². The molecule has 2 heterocycles. The van der Waals surface area contributed by atoms with Crippen LogP contribution in [0.15, 0.2) is 5.38 Å². The Balaban J connectivity index is 2.11. The zero-order chi connectivity index (χ0) is 14.0. The van der Waals surface area contributed by atoms with Crippen LogP contribution in [0.3, 0.4) is 0 Å². The minimum Gasteiger partial charge on any atom is -0.375 e. The van der Waals surface area contributed by atoms with Crippen molar-refractivity contribution in [3.8, 4) is 0 Å². The summed E-state index contributed by atoms with van der Waals surface area (Å²) in [5.74, 6) is -1.17. The van der Waals surface area contributed by atoms with Gasteiger partial charge in [0, 0.05) is 5.38 Å². The first-order valence-corrected chi connectivity index (χ1v) is 6.72. The maximum atomic E-state index is 12.2. The van der Waals surface area contributed by atoms with E-state index in [0.29, 0.717) is 17.2 Å². The van der Waals surface area contributed by atoms with Crippen molar-refractivity contribution in [3.05, 3.63) is 11.1 Å². The highest BCUT2D eigenvalue weighted by Gasteiger charge is 2.35. The minimum atomic E-state index is -0.596. The molecule has 102 valence electrons. The van der Waals surface area contributed by atoms with Crippen LogP contribution in [0.25, 0.3) is 0 Å². The third-order valence-corrected chi connectivity index (χ3v) is 3.59. The fraction of sp³-hybridized carbons (Fsp3) is 0.455. The lowest BCUT2D eigenvalue weighted by Crippen LogP contribution is -2.59. The van der Waals surface area contributed by atoms with E-state index in [-0.39, 0.29) is 18.9 Å². The van der Waals surface area contributed by atoms with E-state index in [1.54, 1.807) is 12.3 Å². The number of hydrogen-bond donors (Lipinski definition) is 2. The predicted octanol–water partition coefficient (Wildman–Crippen LogP) is -0.469. The molecule has 0 radical (unpaired) electrons. The van der Waals surface area contributed by atoms with Gasteiger partial charge in [-0.2, -0.15) is 0 Å². The summed E-state index contributed by atoms with van der Waals surface area (Å²) in [6.07, 6.45) is 0.509. The Hall–Kier alpha value is -1.96. The quantitative estimate of drug-likeness (QED) is 0.729. The van der Waals surface area contributed by atoms with Crippen LogP contribution in [0, 0.1) is 0 Å². The van der Waals surface area contributed by atoms with Gasteiger partial charge < -0.3 is 10.6 Å². The molecule has 1 aromatic rings. The van der Waals surface area contributed by atoms with Crippen molar-refractivity contribution in [1.29, 1.82) is 0 Å². The van der Waals surface area contributed by atoms with E-state index in [1.807, 2.05) is 0 Å². The monoisotopic (exact) mass is 282 g/mol. The summed E-state index contributed by atoms with van der Waals surface area (Å²) in [5, 5.41) is 4.31.